The number of pyridine rings is 1. The lowest BCUT2D eigenvalue weighted by Gasteiger charge is -2.40. The first-order valence-electron chi connectivity index (χ1n) is 10.0. The molecule has 0 bridgehead atoms. The van der Waals surface area contributed by atoms with Crippen LogP contribution in [0, 0.1) is 17.2 Å². The molecule has 1 aliphatic heterocycles. The van der Waals surface area contributed by atoms with Crippen molar-refractivity contribution in [2.45, 2.75) is 39.0 Å². The molecule has 1 amide bonds. The highest BCUT2D eigenvalue weighted by Gasteiger charge is 2.45. The number of nitriles is 1. The molecule has 0 N–H and O–H groups in total. The second-order valence-corrected chi connectivity index (χ2v) is 8.34. The van der Waals surface area contributed by atoms with Crippen molar-refractivity contribution >= 4 is 33.3 Å². The Balaban J connectivity index is 2.10. The van der Waals surface area contributed by atoms with Crippen molar-refractivity contribution in [3.8, 4) is 11.8 Å². The van der Waals surface area contributed by atoms with Gasteiger partial charge in [0.05, 0.1) is 35.5 Å². The number of carbonyl (C=O) groups is 1. The van der Waals surface area contributed by atoms with Gasteiger partial charge in [-0.3, -0.25) is 9.78 Å². The third kappa shape index (κ3) is 2.91. The number of anilines is 1. The van der Waals surface area contributed by atoms with E-state index in [-0.39, 0.29) is 5.91 Å². The predicted molar refractivity (Wildman–Crippen MR) is 115 cm³/mol. The molecule has 1 aromatic heterocycles. The number of hydrogen-bond acceptors (Lipinski definition) is 4. The molecule has 0 saturated heterocycles. The molecule has 1 aliphatic rings. The Morgan fingerprint density at radius 1 is 1.24 bits per heavy atom. The van der Waals surface area contributed by atoms with Gasteiger partial charge in [0.25, 0.3) is 0 Å². The Kier molecular flexibility index (Phi) is 4.66. The molecule has 0 spiro atoms. The Hall–Kier alpha value is -3.13. The van der Waals surface area contributed by atoms with Crippen molar-refractivity contribution in [1.29, 1.82) is 5.26 Å². The zero-order chi connectivity index (χ0) is 20.8. The highest BCUT2D eigenvalue weighted by molar-refractivity contribution is 6.19. The van der Waals surface area contributed by atoms with E-state index in [0.29, 0.717) is 25.3 Å². The number of hydrogen-bond donors (Lipinski definition) is 0. The average Bonchev–Trinajstić information content (AvgIpc) is 2.72. The van der Waals surface area contributed by atoms with Gasteiger partial charge in [-0.1, -0.05) is 26.0 Å². The van der Waals surface area contributed by atoms with Crippen molar-refractivity contribution in [1.82, 2.24) is 4.98 Å². The third-order valence-electron chi connectivity index (χ3n) is 5.82. The number of benzene rings is 2. The Morgan fingerprint density at radius 2 is 2.03 bits per heavy atom. The first-order valence-corrected chi connectivity index (χ1v) is 10.0. The van der Waals surface area contributed by atoms with Gasteiger partial charge in [0, 0.05) is 29.8 Å². The molecule has 148 valence electrons. The van der Waals surface area contributed by atoms with Gasteiger partial charge in [0.15, 0.2) is 0 Å². The van der Waals surface area contributed by atoms with E-state index in [1.54, 1.807) is 7.11 Å². The molecule has 5 heteroatoms. The third-order valence-corrected chi connectivity index (χ3v) is 5.82. The summed E-state index contributed by atoms with van der Waals surface area (Å²) in [5.74, 6) is 1.08. The van der Waals surface area contributed by atoms with E-state index in [2.05, 4.69) is 26.0 Å². The molecule has 1 unspecified atom stereocenters. The van der Waals surface area contributed by atoms with Gasteiger partial charge in [-0.05, 0) is 42.8 Å². The summed E-state index contributed by atoms with van der Waals surface area (Å²) in [7, 11) is 1.63. The molecule has 0 aliphatic carbocycles. The smallest absolute Gasteiger partial charge is 0.239 e. The van der Waals surface area contributed by atoms with Crippen LogP contribution in [-0.4, -0.2) is 24.5 Å². The number of aromatic nitrogens is 1. The van der Waals surface area contributed by atoms with Crippen LogP contribution < -0.4 is 9.64 Å². The van der Waals surface area contributed by atoms with E-state index in [0.717, 1.165) is 38.8 Å². The molecule has 0 fully saturated rings. The van der Waals surface area contributed by atoms with Crippen molar-refractivity contribution in [3.05, 3.63) is 42.1 Å². The van der Waals surface area contributed by atoms with Gasteiger partial charge < -0.3 is 9.64 Å². The lowest BCUT2D eigenvalue weighted by atomic mass is 9.75. The van der Waals surface area contributed by atoms with Crippen molar-refractivity contribution in [2.24, 2.45) is 5.92 Å². The standard InChI is InChI=1S/C24H25N3O2/c1-15(2)14-27-20-8-5-7-18-17-10-9-16(29-4)13-19(17)26-22(21(18)20)24(3,23(27)28)11-6-12-25/h5,7-10,13,15H,6,11,14H2,1-4H3. The monoisotopic (exact) mass is 387 g/mol. The van der Waals surface area contributed by atoms with Crippen LogP contribution in [0.15, 0.2) is 36.4 Å². The topological polar surface area (TPSA) is 66.2 Å². The van der Waals surface area contributed by atoms with Crippen LogP contribution in [0.25, 0.3) is 21.7 Å². The van der Waals surface area contributed by atoms with E-state index in [1.807, 2.05) is 42.2 Å². The molecule has 1 atom stereocenters. The first-order chi connectivity index (χ1) is 13.9. The minimum Gasteiger partial charge on any atom is -0.497 e. The summed E-state index contributed by atoms with van der Waals surface area (Å²) in [6.45, 7) is 6.80. The van der Waals surface area contributed by atoms with Gasteiger partial charge in [-0.25, -0.2) is 0 Å². The fourth-order valence-corrected chi connectivity index (χ4v) is 4.36. The van der Waals surface area contributed by atoms with Gasteiger partial charge in [0.2, 0.25) is 5.91 Å². The second-order valence-electron chi connectivity index (χ2n) is 8.34. The van der Waals surface area contributed by atoms with E-state index < -0.39 is 5.41 Å². The minimum atomic E-state index is -0.839. The zero-order valence-corrected chi connectivity index (χ0v) is 17.3. The summed E-state index contributed by atoms with van der Waals surface area (Å²) in [5, 5.41) is 12.4. The van der Waals surface area contributed by atoms with Crippen LogP contribution in [0.2, 0.25) is 0 Å². The largest absolute Gasteiger partial charge is 0.497 e. The van der Waals surface area contributed by atoms with Gasteiger partial charge in [-0.2, -0.15) is 5.26 Å². The average molecular weight is 387 g/mol. The summed E-state index contributed by atoms with van der Waals surface area (Å²) in [4.78, 5) is 20.6. The maximum atomic E-state index is 13.7. The highest BCUT2D eigenvalue weighted by Crippen LogP contribution is 2.46. The molecule has 29 heavy (non-hydrogen) atoms. The molecule has 4 rings (SSSR count). The summed E-state index contributed by atoms with van der Waals surface area (Å²) >= 11 is 0. The highest BCUT2D eigenvalue weighted by atomic mass is 16.5. The summed E-state index contributed by atoms with van der Waals surface area (Å²) in [6, 6.07) is 14.2. The Bertz CT molecular complexity index is 1160. The normalized spacial score (nSPS) is 18.5. The van der Waals surface area contributed by atoms with Crippen LogP contribution in [0.3, 0.4) is 0 Å². The van der Waals surface area contributed by atoms with E-state index in [4.69, 9.17) is 9.72 Å². The Labute approximate surface area is 170 Å². The van der Waals surface area contributed by atoms with Crippen molar-refractivity contribution in [2.75, 3.05) is 18.6 Å². The summed E-state index contributed by atoms with van der Waals surface area (Å²) in [6.07, 6.45) is 0.752. The van der Waals surface area contributed by atoms with Gasteiger partial charge in [0.1, 0.15) is 5.75 Å². The minimum absolute atomic E-state index is 0.0243. The molecule has 5 nitrogen and oxygen atoms in total. The fourth-order valence-electron chi connectivity index (χ4n) is 4.36. The number of methoxy groups -OCH3 is 1. The maximum absolute atomic E-state index is 13.7. The zero-order valence-electron chi connectivity index (χ0n) is 17.3. The van der Waals surface area contributed by atoms with Crippen LogP contribution in [-0.2, 0) is 10.2 Å². The number of rotatable bonds is 5. The number of ether oxygens (including phenoxy) is 1. The molecule has 0 saturated carbocycles. The van der Waals surface area contributed by atoms with Crippen molar-refractivity contribution in [3.63, 3.8) is 0 Å². The molecule has 2 heterocycles. The van der Waals surface area contributed by atoms with Gasteiger partial charge >= 0.3 is 0 Å². The van der Waals surface area contributed by atoms with E-state index in [1.165, 1.54) is 0 Å². The van der Waals surface area contributed by atoms with Crippen LogP contribution >= 0.6 is 0 Å². The number of amides is 1. The van der Waals surface area contributed by atoms with Crippen molar-refractivity contribution < 1.29 is 9.53 Å². The quantitative estimate of drug-likeness (QED) is 0.580. The molecule has 2 aromatic carbocycles. The first kappa shape index (κ1) is 19.2. The fraction of sp³-hybridized carbons (Fsp3) is 0.375. The molecule has 3 aromatic rings. The number of fused-ring (bicyclic) bond motifs is 2. The van der Waals surface area contributed by atoms with Gasteiger partial charge in [-0.15, -0.1) is 0 Å². The molecular formula is C24H25N3O2. The lowest BCUT2D eigenvalue weighted by molar-refractivity contribution is -0.124. The van der Waals surface area contributed by atoms with E-state index >= 15 is 0 Å². The second kappa shape index (κ2) is 7.04. The predicted octanol–water partition coefficient (Wildman–Crippen LogP) is 4.96. The van der Waals surface area contributed by atoms with Crippen LogP contribution in [0.5, 0.6) is 5.75 Å². The maximum Gasteiger partial charge on any atom is 0.239 e. The SMILES string of the molecule is COc1ccc2c(c1)nc1c3c(cccc32)N(CC(C)C)C(=O)C1(C)CCC#N. The summed E-state index contributed by atoms with van der Waals surface area (Å²) < 4.78 is 5.39. The van der Waals surface area contributed by atoms with Crippen LogP contribution in [0.1, 0.15) is 39.3 Å². The van der Waals surface area contributed by atoms with E-state index in [9.17, 15) is 10.1 Å². The molecular weight excluding hydrogens is 362 g/mol. The summed E-state index contributed by atoms with van der Waals surface area (Å²) in [5.41, 5.74) is 1.64. The van der Waals surface area contributed by atoms with Crippen LogP contribution in [0.4, 0.5) is 5.69 Å². The number of nitrogens with zero attached hydrogens (tertiary/aromatic N) is 3. The number of carbonyl (C=O) groups excluding carboxylic acids is 1. The Morgan fingerprint density at radius 3 is 2.72 bits per heavy atom. The molecule has 0 radical (unpaired) electrons. The lowest BCUT2D eigenvalue weighted by Crippen LogP contribution is -2.50.